The highest BCUT2D eigenvalue weighted by Gasteiger charge is 2.17. The Morgan fingerprint density at radius 3 is 2.90 bits per heavy atom. The van der Waals surface area contributed by atoms with Crippen LogP contribution in [0.5, 0.6) is 0 Å². The lowest BCUT2D eigenvalue weighted by Gasteiger charge is -2.12. The van der Waals surface area contributed by atoms with Crippen molar-refractivity contribution in [1.82, 2.24) is 5.32 Å². The Kier molecular flexibility index (Phi) is 6.61. The van der Waals surface area contributed by atoms with Crippen LogP contribution in [0.15, 0.2) is 24.3 Å². The monoisotopic (exact) mass is 282 g/mol. The molecule has 0 spiro atoms. The van der Waals surface area contributed by atoms with Gasteiger partial charge < -0.3 is 15.2 Å². The van der Waals surface area contributed by atoms with E-state index in [-0.39, 0.29) is 24.8 Å². The quantitative estimate of drug-likeness (QED) is 0.417. The van der Waals surface area contributed by atoms with Crippen LogP contribution in [-0.4, -0.2) is 42.3 Å². The summed E-state index contributed by atoms with van der Waals surface area (Å²) in [7, 11) is 0. The van der Waals surface area contributed by atoms with Gasteiger partial charge in [-0.3, -0.25) is 14.9 Å². The minimum Gasteiger partial charge on any atom is -0.394 e. The normalized spacial score (nSPS) is 11.9. The summed E-state index contributed by atoms with van der Waals surface area (Å²) in [6.07, 6.45) is 0. The number of hydrogen-bond acceptors (Lipinski definition) is 5. The molecule has 0 saturated heterocycles. The van der Waals surface area contributed by atoms with Crippen LogP contribution in [0.3, 0.4) is 0 Å². The molecule has 1 atom stereocenters. The van der Waals surface area contributed by atoms with Crippen molar-refractivity contribution in [1.29, 1.82) is 0 Å². The number of nitro benzene ring substituents is 1. The Morgan fingerprint density at radius 2 is 2.25 bits per heavy atom. The van der Waals surface area contributed by atoms with Crippen molar-refractivity contribution in [2.24, 2.45) is 0 Å². The molecular formula is C13H18N2O5. The van der Waals surface area contributed by atoms with Crippen molar-refractivity contribution < 1.29 is 19.6 Å². The van der Waals surface area contributed by atoms with Gasteiger partial charge in [-0.15, -0.1) is 0 Å². The van der Waals surface area contributed by atoms with Crippen molar-refractivity contribution in [3.05, 3.63) is 39.9 Å². The molecule has 0 aliphatic heterocycles. The number of aliphatic hydroxyl groups excluding tert-OH is 1. The summed E-state index contributed by atoms with van der Waals surface area (Å²) in [4.78, 5) is 22.1. The molecule has 1 unspecified atom stereocenters. The van der Waals surface area contributed by atoms with E-state index in [0.717, 1.165) is 0 Å². The molecule has 0 fully saturated rings. The summed E-state index contributed by atoms with van der Waals surface area (Å²) < 4.78 is 5.02. The fourth-order valence-corrected chi connectivity index (χ4v) is 1.63. The predicted molar refractivity (Wildman–Crippen MR) is 72.4 cm³/mol. The van der Waals surface area contributed by atoms with Crippen LogP contribution in [0.4, 0.5) is 5.69 Å². The number of nitro groups is 1. The number of non-ortho nitro benzene ring substituents is 1. The van der Waals surface area contributed by atoms with Crippen LogP contribution < -0.4 is 5.32 Å². The molecule has 1 aromatic rings. The van der Waals surface area contributed by atoms with Gasteiger partial charge in [0.1, 0.15) is 0 Å². The molecule has 0 aliphatic carbocycles. The molecule has 7 nitrogen and oxygen atoms in total. The molecule has 7 heteroatoms. The lowest BCUT2D eigenvalue weighted by Crippen LogP contribution is -2.31. The SMILES string of the molecule is CC(C(=O)NCCOCCO)c1cccc([N+](=O)[O-])c1. The number of rotatable bonds is 8. The number of carbonyl (C=O) groups excluding carboxylic acids is 1. The van der Waals surface area contributed by atoms with E-state index in [4.69, 9.17) is 9.84 Å². The topological polar surface area (TPSA) is 102 Å². The first kappa shape index (κ1) is 16.1. The van der Waals surface area contributed by atoms with Gasteiger partial charge in [0.05, 0.1) is 30.7 Å². The van der Waals surface area contributed by atoms with E-state index in [1.54, 1.807) is 19.1 Å². The predicted octanol–water partition coefficient (Wildman–Crippen LogP) is 0.823. The summed E-state index contributed by atoms with van der Waals surface area (Å²) in [5, 5.41) is 21.9. The Balaban J connectivity index is 2.51. The van der Waals surface area contributed by atoms with Crippen molar-refractivity contribution >= 4 is 11.6 Å². The number of nitrogens with zero attached hydrogens (tertiary/aromatic N) is 1. The second-order valence-electron chi connectivity index (χ2n) is 4.20. The zero-order valence-corrected chi connectivity index (χ0v) is 11.2. The lowest BCUT2D eigenvalue weighted by atomic mass is 10.00. The number of benzene rings is 1. The molecule has 20 heavy (non-hydrogen) atoms. The molecule has 0 bridgehead atoms. The van der Waals surface area contributed by atoms with E-state index in [1.807, 2.05) is 0 Å². The second-order valence-corrected chi connectivity index (χ2v) is 4.20. The van der Waals surface area contributed by atoms with Crippen molar-refractivity contribution in [2.75, 3.05) is 26.4 Å². The fraction of sp³-hybridized carbons (Fsp3) is 0.462. The highest BCUT2D eigenvalue weighted by molar-refractivity contribution is 5.83. The Labute approximate surface area is 116 Å². The molecule has 0 saturated carbocycles. The lowest BCUT2D eigenvalue weighted by molar-refractivity contribution is -0.384. The number of aliphatic hydroxyl groups is 1. The molecule has 0 aromatic heterocycles. The van der Waals surface area contributed by atoms with Crippen molar-refractivity contribution in [3.8, 4) is 0 Å². The third kappa shape index (κ3) is 4.94. The first-order valence-electron chi connectivity index (χ1n) is 6.27. The Morgan fingerprint density at radius 1 is 1.50 bits per heavy atom. The largest absolute Gasteiger partial charge is 0.394 e. The summed E-state index contributed by atoms with van der Waals surface area (Å²) in [5.74, 6) is -0.703. The molecule has 2 N–H and O–H groups in total. The highest BCUT2D eigenvalue weighted by atomic mass is 16.6. The van der Waals surface area contributed by atoms with Gasteiger partial charge in [0.15, 0.2) is 0 Å². The van der Waals surface area contributed by atoms with E-state index < -0.39 is 10.8 Å². The van der Waals surface area contributed by atoms with Gasteiger partial charge in [-0.1, -0.05) is 12.1 Å². The van der Waals surface area contributed by atoms with Crippen LogP contribution >= 0.6 is 0 Å². The summed E-state index contributed by atoms with van der Waals surface area (Å²) >= 11 is 0. The van der Waals surface area contributed by atoms with Crippen molar-refractivity contribution in [3.63, 3.8) is 0 Å². The first-order valence-corrected chi connectivity index (χ1v) is 6.27. The van der Waals surface area contributed by atoms with Crippen LogP contribution in [0.25, 0.3) is 0 Å². The molecule has 0 aliphatic rings. The van der Waals surface area contributed by atoms with Crippen LogP contribution in [0.2, 0.25) is 0 Å². The van der Waals surface area contributed by atoms with Crippen LogP contribution in [0.1, 0.15) is 18.4 Å². The van der Waals surface area contributed by atoms with Crippen molar-refractivity contribution in [2.45, 2.75) is 12.8 Å². The molecule has 1 rings (SSSR count). The van der Waals surface area contributed by atoms with Gasteiger partial charge in [-0.2, -0.15) is 0 Å². The van der Waals surface area contributed by atoms with Gasteiger partial charge in [-0.25, -0.2) is 0 Å². The third-order valence-corrected chi connectivity index (χ3v) is 2.76. The summed E-state index contributed by atoms with van der Waals surface area (Å²) in [6.45, 7) is 2.50. The van der Waals surface area contributed by atoms with Gasteiger partial charge in [-0.05, 0) is 12.5 Å². The number of nitrogens with one attached hydrogen (secondary N) is 1. The molecular weight excluding hydrogens is 264 g/mol. The number of ether oxygens (including phenoxy) is 1. The third-order valence-electron chi connectivity index (χ3n) is 2.76. The standard InChI is InChI=1S/C13H18N2O5/c1-10(13(17)14-5-7-20-8-6-16)11-3-2-4-12(9-11)15(18)19/h2-4,9-10,16H,5-8H2,1H3,(H,14,17). The average Bonchev–Trinajstić information content (AvgIpc) is 2.46. The smallest absolute Gasteiger partial charge is 0.269 e. The minimum atomic E-state index is -0.489. The van der Waals surface area contributed by atoms with Gasteiger partial charge >= 0.3 is 0 Å². The Bertz CT molecular complexity index is 464. The van der Waals surface area contributed by atoms with Gasteiger partial charge in [0.2, 0.25) is 5.91 Å². The molecule has 1 aromatic carbocycles. The van der Waals surface area contributed by atoms with E-state index in [9.17, 15) is 14.9 Å². The van der Waals surface area contributed by atoms with E-state index in [1.165, 1.54) is 12.1 Å². The van der Waals surface area contributed by atoms with Gasteiger partial charge in [0.25, 0.3) is 5.69 Å². The number of hydrogen-bond donors (Lipinski definition) is 2. The fourth-order valence-electron chi connectivity index (χ4n) is 1.63. The molecule has 110 valence electrons. The zero-order valence-electron chi connectivity index (χ0n) is 11.2. The van der Waals surface area contributed by atoms with E-state index in [2.05, 4.69) is 5.32 Å². The van der Waals surface area contributed by atoms with Gasteiger partial charge in [0, 0.05) is 18.7 Å². The van der Waals surface area contributed by atoms with Crippen LogP contribution in [-0.2, 0) is 9.53 Å². The summed E-state index contributed by atoms with van der Waals surface area (Å²) in [5.41, 5.74) is 0.557. The second kappa shape index (κ2) is 8.23. The van der Waals surface area contributed by atoms with E-state index >= 15 is 0 Å². The van der Waals surface area contributed by atoms with Crippen LogP contribution in [0, 0.1) is 10.1 Å². The zero-order chi connectivity index (χ0) is 15.0. The van der Waals surface area contributed by atoms with E-state index in [0.29, 0.717) is 18.7 Å². The molecule has 0 heterocycles. The first-order chi connectivity index (χ1) is 9.56. The number of amides is 1. The highest BCUT2D eigenvalue weighted by Crippen LogP contribution is 2.20. The number of carbonyl (C=O) groups is 1. The maximum absolute atomic E-state index is 11.9. The average molecular weight is 282 g/mol. The molecule has 0 radical (unpaired) electrons. The minimum absolute atomic E-state index is 0.0339. The maximum Gasteiger partial charge on any atom is 0.269 e. The maximum atomic E-state index is 11.9. The Hall–Kier alpha value is -1.99. The molecule has 1 amide bonds. The summed E-state index contributed by atoms with van der Waals surface area (Å²) in [6, 6.07) is 6.02.